The molecule has 0 aliphatic carbocycles. The number of benzene rings is 1. The molecule has 2 aromatic rings. The minimum atomic E-state index is -1.09. The van der Waals surface area contributed by atoms with Crippen LogP contribution in [0.4, 0.5) is 5.69 Å². The average molecular weight is 663 g/mol. The van der Waals surface area contributed by atoms with E-state index in [9.17, 15) is 24.0 Å². The van der Waals surface area contributed by atoms with E-state index in [0.29, 0.717) is 17.1 Å². The van der Waals surface area contributed by atoms with Gasteiger partial charge >= 0.3 is 17.9 Å². The van der Waals surface area contributed by atoms with Crippen LogP contribution in [0, 0.1) is 12.3 Å². The second-order valence-corrected chi connectivity index (χ2v) is 12.8. The summed E-state index contributed by atoms with van der Waals surface area (Å²) in [5.74, 6) is -2.77. The van der Waals surface area contributed by atoms with E-state index in [-0.39, 0.29) is 30.2 Å². The number of esters is 2. The first-order valence-corrected chi connectivity index (χ1v) is 16.1. The lowest BCUT2D eigenvalue weighted by Gasteiger charge is -2.23. The minimum Gasteiger partial charge on any atom is -0.481 e. The second kappa shape index (κ2) is 20.3. The molecule has 46 heavy (non-hydrogen) atoms. The van der Waals surface area contributed by atoms with Gasteiger partial charge in [0, 0.05) is 6.42 Å². The topological polar surface area (TPSA) is 172 Å². The third-order valence-electron chi connectivity index (χ3n) is 6.73. The lowest BCUT2D eigenvalue weighted by atomic mass is 9.92. The Bertz CT molecular complexity index is 1280. The molecule has 0 saturated carbocycles. The molecule has 256 valence electrons. The summed E-state index contributed by atoms with van der Waals surface area (Å²) in [6.45, 7) is 13.1. The molecule has 0 spiro atoms. The minimum absolute atomic E-state index is 0.0547. The number of carboxylic acid groups (broad SMARTS) is 1. The molecule has 1 aromatic carbocycles. The number of anilines is 1. The van der Waals surface area contributed by atoms with E-state index in [4.69, 9.17) is 14.6 Å². The predicted molar refractivity (Wildman–Crippen MR) is 179 cm³/mol. The number of carboxylic acids is 1. The quantitative estimate of drug-likeness (QED) is 0.166. The number of rotatable bonds is 16. The maximum absolute atomic E-state index is 12.6. The molecule has 1 heterocycles. The summed E-state index contributed by atoms with van der Waals surface area (Å²) in [4.78, 5) is 59.8. The van der Waals surface area contributed by atoms with Crippen LogP contribution in [0.1, 0.15) is 74.7 Å². The number of carbonyl (C=O) groups excluding carboxylic acids is 4. The van der Waals surface area contributed by atoms with Gasteiger partial charge in [-0.05, 0) is 61.7 Å². The molecule has 3 atom stereocenters. The van der Waals surface area contributed by atoms with Crippen LogP contribution in [0.3, 0.4) is 0 Å². The summed E-state index contributed by atoms with van der Waals surface area (Å²) in [7, 11) is 2.58. The number of aliphatic carboxylic acids is 1. The summed E-state index contributed by atoms with van der Waals surface area (Å²) in [6, 6.07) is 7.12. The first-order valence-electron chi connectivity index (χ1n) is 15.2. The van der Waals surface area contributed by atoms with Crippen molar-refractivity contribution in [3.05, 3.63) is 51.7 Å². The molecule has 0 aliphatic rings. The van der Waals surface area contributed by atoms with Crippen molar-refractivity contribution in [3.8, 4) is 0 Å². The van der Waals surface area contributed by atoms with Crippen molar-refractivity contribution in [2.24, 2.45) is 5.41 Å². The zero-order chi connectivity index (χ0) is 34.9. The summed E-state index contributed by atoms with van der Waals surface area (Å²) >= 11 is 1.27. The van der Waals surface area contributed by atoms with Gasteiger partial charge in [0.2, 0.25) is 11.8 Å². The Labute approximate surface area is 276 Å². The number of hydrogen-bond acceptors (Lipinski definition) is 10. The lowest BCUT2D eigenvalue weighted by Crippen LogP contribution is -2.52. The standard InChI is InChI=1S/C20H30N2O5.C13H20N2O3S/c1-20(2,3)10-11-21-15(13-17(23)24)18(25)22-16(19(26)27-4)12-14-8-6-5-7-9-14;1-5-6-14-9(3)12(16)15-10-8(2)7-19-11(10)13(17)18-4/h5-9,15-16,21H,10-13H2,1-4H3,(H,22,25)(H,23,24);7,9,14H,5-6H2,1-4H3,(H,15,16)/t15-,16-;/m0./s1. The highest BCUT2D eigenvalue weighted by atomic mass is 32.1. The number of nitrogens with one attached hydrogen (secondary N) is 4. The third kappa shape index (κ3) is 15.0. The van der Waals surface area contributed by atoms with Gasteiger partial charge in [0.25, 0.3) is 0 Å². The molecule has 1 unspecified atom stereocenters. The van der Waals surface area contributed by atoms with Crippen LogP contribution in [-0.4, -0.2) is 80.3 Å². The van der Waals surface area contributed by atoms with Gasteiger partial charge in [-0.3, -0.25) is 14.4 Å². The third-order valence-corrected chi connectivity index (χ3v) is 7.81. The number of aryl methyl sites for hydroxylation is 1. The molecule has 0 bridgehead atoms. The van der Waals surface area contributed by atoms with Gasteiger partial charge in [0.05, 0.1) is 38.4 Å². The first-order chi connectivity index (χ1) is 21.6. The maximum atomic E-state index is 12.6. The molecule has 13 heteroatoms. The number of methoxy groups -OCH3 is 2. The van der Waals surface area contributed by atoms with Gasteiger partial charge in [-0.2, -0.15) is 0 Å². The molecule has 2 rings (SSSR count). The Morgan fingerprint density at radius 1 is 0.935 bits per heavy atom. The van der Waals surface area contributed by atoms with Crippen LogP contribution in [0.15, 0.2) is 35.7 Å². The van der Waals surface area contributed by atoms with Crippen LogP contribution in [0.5, 0.6) is 0 Å². The van der Waals surface area contributed by atoms with Crippen molar-refractivity contribution in [2.45, 2.75) is 85.4 Å². The highest BCUT2D eigenvalue weighted by Crippen LogP contribution is 2.28. The van der Waals surface area contributed by atoms with E-state index >= 15 is 0 Å². The van der Waals surface area contributed by atoms with Crippen molar-refractivity contribution in [2.75, 3.05) is 32.6 Å². The molecule has 12 nitrogen and oxygen atoms in total. The first kappa shape index (κ1) is 40.2. The molecule has 0 fully saturated rings. The number of ether oxygens (including phenoxy) is 2. The largest absolute Gasteiger partial charge is 0.481 e. The highest BCUT2D eigenvalue weighted by molar-refractivity contribution is 7.12. The molecule has 5 N–H and O–H groups in total. The zero-order valence-corrected chi connectivity index (χ0v) is 29.0. The van der Waals surface area contributed by atoms with Crippen molar-refractivity contribution in [1.82, 2.24) is 16.0 Å². The number of amides is 2. The fourth-order valence-electron chi connectivity index (χ4n) is 4.04. The molecular weight excluding hydrogens is 612 g/mol. The Morgan fingerprint density at radius 2 is 1.59 bits per heavy atom. The normalized spacial score (nSPS) is 12.9. The molecule has 2 amide bonds. The van der Waals surface area contributed by atoms with Crippen LogP contribution in [0.2, 0.25) is 0 Å². The summed E-state index contributed by atoms with van der Waals surface area (Å²) in [5.41, 5.74) is 2.33. The number of thiophene rings is 1. The fourth-order valence-corrected chi connectivity index (χ4v) is 4.96. The molecule has 1 aromatic heterocycles. The van der Waals surface area contributed by atoms with Crippen LogP contribution < -0.4 is 21.3 Å². The number of hydrogen-bond donors (Lipinski definition) is 5. The van der Waals surface area contributed by atoms with E-state index in [2.05, 4.69) is 42.0 Å². The van der Waals surface area contributed by atoms with Gasteiger partial charge < -0.3 is 35.8 Å². The molecular formula is C33H50N4O8S. The Kier molecular flexibility index (Phi) is 17.8. The van der Waals surface area contributed by atoms with E-state index < -0.39 is 35.9 Å². The molecule has 0 radical (unpaired) electrons. The Morgan fingerprint density at radius 3 is 2.13 bits per heavy atom. The SMILES string of the molecule is CCCNC(C)C(=O)Nc1c(C)csc1C(=O)OC.COC(=O)[C@H](Cc1ccccc1)NC(=O)[C@H](CC(=O)O)NCCC(C)(C)C. The van der Waals surface area contributed by atoms with Gasteiger partial charge in [-0.1, -0.05) is 58.0 Å². The van der Waals surface area contributed by atoms with Gasteiger partial charge in [-0.15, -0.1) is 11.3 Å². The Balaban J connectivity index is 0.000000489. The van der Waals surface area contributed by atoms with Crippen LogP contribution in [-0.2, 0) is 35.1 Å². The summed E-state index contributed by atoms with van der Waals surface area (Å²) in [6.07, 6.45) is 1.64. The van der Waals surface area contributed by atoms with E-state index in [1.165, 1.54) is 25.6 Å². The monoisotopic (exact) mass is 662 g/mol. The van der Waals surface area contributed by atoms with Crippen LogP contribution in [0.25, 0.3) is 0 Å². The smallest absolute Gasteiger partial charge is 0.350 e. The number of carbonyl (C=O) groups is 5. The van der Waals surface area contributed by atoms with Gasteiger partial charge in [-0.25, -0.2) is 9.59 Å². The summed E-state index contributed by atoms with van der Waals surface area (Å²) < 4.78 is 9.48. The van der Waals surface area contributed by atoms with Crippen molar-refractivity contribution in [1.29, 1.82) is 0 Å². The molecule has 0 aliphatic heterocycles. The van der Waals surface area contributed by atoms with Crippen molar-refractivity contribution >= 4 is 46.7 Å². The highest BCUT2D eigenvalue weighted by Gasteiger charge is 2.28. The fraction of sp³-hybridized carbons (Fsp3) is 0.545. The lowest BCUT2D eigenvalue weighted by molar-refractivity contribution is -0.145. The van der Waals surface area contributed by atoms with E-state index in [1.54, 1.807) is 6.92 Å². The van der Waals surface area contributed by atoms with Gasteiger partial charge in [0.1, 0.15) is 10.9 Å². The van der Waals surface area contributed by atoms with Gasteiger partial charge in [0.15, 0.2) is 0 Å². The second-order valence-electron chi connectivity index (χ2n) is 12.0. The maximum Gasteiger partial charge on any atom is 0.350 e. The predicted octanol–water partition coefficient (Wildman–Crippen LogP) is 3.93. The zero-order valence-electron chi connectivity index (χ0n) is 28.2. The van der Waals surface area contributed by atoms with Crippen molar-refractivity contribution < 1.29 is 38.6 Å². The van der Waals surface area contributed by atoms with E-state index in [0.717, 1.165) is 30.5 Å². The van der Waals surface area contributed by atoms with Crippen molar-refractivity contribution in [3.63, 3.8) is 0 Å². The summed E-state index contributed by atoms with van der Waals surface area (Å²) in [5, 5.41) is 22.4. The molecule has 0 saturated heterocycles. The van der Waals surface area contributed by atoms with Crippen LogP contribution >= 0.6 is 11.3 Å². The Hall–Kier alpha value is -3.81. The average Bonchev–Trinajstić information content (AvgIpc) is 3.37. The van der Waals surface area contributed by atoms with E-state index in [1.807, 2.05) is 49.6 Å².